The van der Waals surface area contributed by atoms with Crippen LogP contribution in [0.25, 0.3) is 0 Å². The number of aromatic nitrogens is 2. The third kappa shape index (κ3) is 3.85. The Hall–Kier alpha value is -3.16. The average molecular weight is 345 g/mol. The lowest BCUT2D eigenvalue weighted by Gasteiger charge is -2.21. The Bertz CT molecular complexity index is 847. The highest BCUT2D eigenvalue weighted by molar-refractivity contribution is 5.92. The summed E-state index contributed by atoms with van der Waals surface area (Å²) in [4.78, 5) is 18.1. The lowest BCUT2D eigenvalue weighted by Crippen LogP contribution is -2.30. The predicted octanol–water partition coefficient (Wildman–Crippen LogP) is 3.21. The van der Waals surface area contributed by atoms with Crippen LogP contribution in [0, 0.1) is 5.82 Å². The highest BCUT2D eigenvalue weighted by atomic mass is 19.1. The summed E-state index contributed by atoms with van der Waals surface area (Å²) in [7, 11) is 1.64. The molecule has 0 aliphatic carbocycles. The first-order valence-electron chi connectivity index (χ1n) is 7.55. The molecule has 0 spiro atoms. The van der Waals surface area contributed by atoms with E-state index in [4.69, 9.17) is 13.7 Å². The van der Waals surface area contributed by atoms with Crippen LogP contribution in [0.5, 0.6) is 5.75 Å². The molecule has 1 atom stereocenters. The number of hydrogen-bond acceptors (Lipinski definition) is 6. The molecule has 2 aromatic heterocycles. The first kappa shape index (κ1) is 16.7. The van der Waals surface area contributed by atoms with Crippen molar-refractivity contribution in [2.24, 2.45) is 0 Å². The summed E-state index contributed by atoms with van der Waals surface area (Å²) >= 11 is 0. The quantitative estimate of drug-likeness (QED) is 0.682. The molecule has 25 heavy (non-hydrogen) atoms. The van der Waals surface area contributed by atoms with E-state index in [-0.39, 0.29) is 30.1 Å². The van der Waals surface area contributed by atoms with E-state index in [1.807, 2.05) is 6.92 Å². The zero-order chi connectivity index (χ0) is 17.8. The van der Waals surface area contributed by atoms with Gasteiger partial charge in [0.2, 0.25) is 5.89 Å². The smallest absolute Gasteiger partial charge is 0.276 e. The number of carbonyl (C=O) groups excluding carboxylic acids is 1. The Morgan fingerprint density at radius 1 is 1.40 bits per heavy atom. The second kappa shape index (κ2) is 7.16. The van der Waals surface area contributed by atoms with E-state index in [0.717, 1.165) is 0 Å². The van der Waals surface area contributed by atoms with E-state index in [1.165, 1.54) is 35.6 Å². The Morgan fingerprint density at radius 3 is 2.96 bits per heavy atom. The molecule has 0 N–H and O–H groups in total. The van der Waals surface area contributed by atoms with Crippen LogP contribution in [0.1, 0.15) is 35.0 Å². The summed E-state index contributed by atoms with van der Waals surface area (Å²) in [5, 5.41) is 3.83. The Kier molecular flexibility index (Phi) is 4.78. The molecular formula is C17H16FN3O4. The number of ether oxygens (including phenoxy) is 1. The molecule has 2 heterocycles. The van der Waals surface area contributed by atoms with Crippen LogP contribution >= 0.6 is 0 Å². The average Bonchev–Trinajstić information content (AvgIpc) is 3.30. The van der Waals surface area contributed by atoms with E-state index in [0.29, 0.717) is 11.4 Å². The van der Waals surface area contributed by atoms with E-state index < -0.39 is 5.82 Å². The SMILES string of the molecule is CC(c1ccon1)N(C)C(=O)c1coc(COc2cccc(F)c2)n1. The van der Waals surface area contributed by atoms with Crippen molar-refractivity contribution in [2.45, 2.75) is 19.6 Å². The summed E-state index contributed by atoms with van der Waals surface area (Å²) in [5.41, 5.74) is 0.782. The Labute approximate surface area is 143 Å². The minimum Gasteiger partial charge on any atom is -0.484 e. The first-order valence-corrected chi connectivity index (χ1v) is 7.55. The summed E-state index contributed by atoms with van der Waals surface area (Å²) in [5.74, 6) is -0.154. The highest BCUT2D eigenvalue weighted by Crippen LogP contribution is 2.19. The second-order valence-corrected chi connectivity index (χ2v) is 5.39. The molecule has 1 unspecified atom stereocenters. The van der Waals surface area contributed by atoms with Crippen LogP contribution < -0.4 is 4.74 Å². The van der Waals surface area contributed by atoms with Gasteiger partial charge in [-0.3, -0.25) is 4.79 Å². The normalized spacial score (nSPS) is 12.0. The Balaban J connectivity index is 1.63. The molecule has 0 fully saturated rings. The van der Waals surface area contributed by atoms with Gasteiger partial charge in [-0.15, -0.1) is 0 Å². The Morgan fingerprint density at radius 2 is 2.24 bits per heavy atom. The number of benzene rings is 1. The fourth-order valence-corrected chi connectivity index (χ4v) is 2.17. The third-order valence-electron chi connectivity index (χ3n) is 3.72. The summed E-state index contributed by atoms with van der Waals surface area (Å²) in [6.45, 7) is 1.81. The molecule has 7 nitrogen and oxygen atoms in total. The van der Waals surface area contributed by atoms with E-state index in [1.54, 1.807) is 19.2 Å². The van der Waals surface area contributed by atoms with Crippen LogP contribution in [-0.4, -0.2) is 28.0 Å². The molecule has 0 saturated carbocycles. The molecule has 3 rings (SSSR count). The number of rotatable bonds is 6. The van der Waals surface area contributed by atoms with E-state index in [2.05, 4.69) is 10.1 Å². The molecule has 0 radical (unpaired) electrons. The molecule has 1 amide bonds. The lowest BCUT2D eigenvalue weighted by atomic mass is 10.2. The molecule has 0 bridgehead atoms. The number of carbonyl (C=O) groups is 1. The molecule has 0 aliphatic heterocycles. The van der Waals surface area contributed by atoms with Gasteiger partial charge in [-0.05, 0) is 19.1 Å². The van der Waals surface area contributed by atoms with Crippen molar-refractivity contribution in [1.29, 1.82) is 0 Å². The van der Waals surface area contributed by atoms with E-state index >= 15 is 0 Å². The van der Waals surface area contributed by atoms with Crippen LogP contribution in [0.4, 0.5) is 4.39 Å². The van der Waals surface area contributed by atoms with E-state index in [9.17, 15) is 9.18 Å². The maximum absolute atomic E-state index is 13.1. The van der Waals surface area contributed by atoms with Gasteiger partial charge in [-0.2, -0.15) is 0 Å². The largest absolute Gasteiger partial charge is 0.484 e. The minimum absolute atomic E-state index is 0.0146. The molecule has 0 saturated heterocycles. The number of nitrogens with zero attached hydrogens (tertiary/aromatic N) is 3. The van der Waals surface area contributed by atoms with Crippen LogP contribution in [0.15, 0.2) is 51.8 Å². The molecular weight excluding hydrogens is 329 g/mol. The van der Waals surface area contributed by atoms with Crippen molar-refractivity contribution >= 4 is 5.91 Å². The highest BCUT2D eigenvalue weighted by Gasteiger charge is 2.23. The van der Waals surface area contributed by atoms with Crippen LogP contribution in [-0.2, 0) is 6.61 Å². The van der Waals surface area contributed by atoms with Crippen molar-refractivity contribution in [2.75, 3.05) is 7.05 Å². The fraction of sp³-hybridized carbons (Fsp3) is 0.235. The van der Waals surface area contributed by atoms with Crippen molar-refractivity contribution < 1.29 is 22.9 Å². The minimum atomic E-state index is -0.399. The monoisotopic (exact) mass is 345 g/mol. The van der Waals surface area contributed by atoms with Gasteiger partial charge in [-0.1, -0.05) is 11.2 Å². The fourth-order valence-electron chi connectivity index (χ4n) is 2.17. The maximum Gasteiger partial charge on any atom is 0.276 e. The van der Waals surface area contributed by atoms with Crippen molar-refractivity contribution in [3.05, 3.63) is 66.0 Å². The lowest BCUT2D eigenvalue weighted by molar-refractivity contribution is 0.0731. The van der Waals surface area contributed by atoms with Gasteiger partial charge in [0, 0.05) is 19.2 Å². The number of oxazole rings is 1. The van der Waals surface area contributed by atoms with Gasteiger partial charge in [0.25, 0.3) is 5.91 Å². The van der Waals surface area contributed by atoms with Gasteiger partial charge in [0.15, 0.2) is 12.3 Å². The standard InChI is InChI=1S/C17H16FN3O4/c1-11(14-6-7-25-20-14)21(2)17(22)15-9-24-16(19-15)10-23-13-5-3-4-12(18)8-13/h3-9,11H,10H2,1-2H3. The van der Waals surface area contributed by atoms with Gasteiger partial charge >= 0.3 is 0 Å². The summed E-state index contributed by atoms with van der Waals surface area (Å²) < 4.78 is 28.5. The molecule has 8 heteroatoms. The topological polar surface area (TPSA) is 81.6 Å². The third-order valence-corrected chi connectivity index (χ3v) is 3.72. The number of halogens is 1. The van der Waals surface area contributed by atoms with Crippen molar-refractivity contribution in [3.63, 3.8) is 0 Å². The summed E-state index contributed by atoms with van der Waals surface area (Å²) in [6, 6.07) is 7.13. The number of amides is 1. The van der Waals surface area contributed by atoms with Gasteiger partial charge in [0.05, 0.1) is 6.04 Å². The molecule has 3 aromatic rings. The summed E-state index contributed by atoms with van der Waals surface area (Å²) in [6.07, 6.45) is 2.71. The van der Waals surface area contributed by atoms with Gasteiger partial charge < -0.3 is 18.6 Å². The maximum atomic E-state index is 13.1. The molecule has 0 aliphatic rings. The van der Waals surface area contributed by atoms with Gasteiger partial charge in [0.1, 0.15) is 29.8 Å². The molecule has 1 aromatic carbocycles. The van der Waals surface area contributed by atoms with Crippen molar-refractivity contribution in [3.8, 4) is 5.75 Å². The second-order valence-electron chi connectivity index (χ2n) is 5.39. The number of hydrogen-bond donors (Lipinski definition) is 0. The zero-order valence-corrected chi connectivity index (χ0v) is 13.7. The van der Waals surface area contributed by atoms with Gasteiger partial charge in [-0.25, -0.2) is 9.37 Å². The predicted molar refractivity (Wildman–Crippen MR) is 84.2 cm³/mol. The molecule has 130 valence electrons. The van der Waals surface area contributed by atoms with Crippen molar-refractivity contribution in [1.82, 2.24) is 15.0 Å². The van der Waals surface area contributed by atoms with Crippen LogP contribution in [0.2, 0.25) is 0 Å². The van der Waals surface area contributed by atoms with Crippen LogP contribution in [0.3, 0.4) is 0 Å². The first-order chi connectivity index (χ1) is 12.0. The zero-order valence-electron chi connectivity index (χ0n) is 13.7.